The summed E-state index contributed by atoms with van der Waals surface area (Å²) in [5.41, 5.74) is -0.0674. The third-order valence-corrected chi connectivity index (χ3v) is 7.99. The van der Waals surface area contributed by atoms with Gasteiger partial charge >= 0.3 is 6.03 Å². The van der Waals surface area contributed by atoms with Crippen LogP contribution in [0.25, 0.3) is 6.08 Å². The summed E-state index contributed by atoms with van der Waals surface area (Å²) >= 11 is 0. The minimum Gasteiger partial charge on any atom is -0.338 e. The zero-order valence-corrected chi connectivity index (χ0v) is 18.7. The van der Waals surface area contributed by atoms with E-state index in [0.29, 0.717) is 12.8 Å². The Labute approximate surface area is 188 Å². The molecule has 1 N–H and O–H groups in total. The fraction of sp³-hybridized carbons (Fsp3) is 0.500. The third kappa shape index (κ3) is 4.56. The molecule has 0 aromatic heterocycles. The highest BCUT2D eigenvalue weighted by molar-refractivity contribution is 7.92. The van der Waals surface area contributed by atoms with Crippen LogP contribution in [-0.4, -0.2) is 78.6 Å². The first-order valence-corrected chi connectivity index (χ1v) is 12.5. The molecule has 0 bridgehead atoms. The number of hydrogen-bond acceptors (Lipinski definition) is 5. The van der Waals surface area contributed by atoms with Crippen molar-refractivity contribution in [1.29, 1.82) is 0 Å². The molecule has 0 unspecified atom stereocenters. The van der Waals surface area contributed by atoms with Gasteiger partial charge in [-0.3, -0.25) is 14.5 Å². The summed E-state index contributed by atoms with van der Waals surface area (Å²) in [6.07, 6.45) is 5.56. The Morgan fingerprint density at radius 3 is 2.31 bits per heavy atom. The van der Waals surface area contributed by atoms with Gasteiger partial charge in [-0.25, -0.2) is 13.2 Å². The number of amides is 4. The summed E-state index contributed by atoms with van der Waals surface area (Å²) < 4.78 is 26.5. The molecule has 2 heterocycles. The molecule has 1 aliphatic carbocycles. The van der Waals surface area contributed by atoms with Gasteiger partial charge in [0.15, 0.2) is 0 Å². The Hall–Kier alpha value is -2.72. The second-order valence-electron chi connectivity index (χ2n) is 8.50. The van der Waals surface area contributed by atoms with Gasteiger partial charge in [-0.15, -0.1) is 0 Å². The second-order valence-corrected chi connectivity index (χ2v) is 10.3. The minimum atomic E-state index is -3.60. The largest absolute Gasteiger partial charge is 0.338 e. The summed E-state index contributed by atoms with van der Waals surface area (Å²) in [5, 5.41) is 3.98. The van der Waals surface area contributed by atoms with Gasteiger partial charge in [-0.05, 0) is 24.5 Å². The van der Waals surface area contributed by atoms with E-state index >= 15 is 0 Å². The van der Waals surface area contributed by atoms with Crippen molar-refractivity contribution in [2.24, 2.45) is 0 Å². The maximum absolute atomic E-state index is 12.9. The molecule has 1 spiro atoms. The van der Waals surface area contributed by atoms with Crippen LogP contribution in [0.2, 0.25) is 0 Å². The maximum atomic E-state index is 12.9. The van der Waals surface area contributed by atoms with Crippen molar-refractivity contribution >= 4 is 33.9 Å². The van der Waals surface area contributed by atoms with Crippen molar-refractivity contribution in [1.82, 2.24) is 19.4 Å². The molecule has 1 aromatic rings. The van der Waals surface area contributed by atoms with Crippen LogP contribution in [0, 0.1) is 0 Å². The van der Waals surface area contributed by atoms with Gasteiger partial charge in [-0.2, -0.15) is 4.31 Å². The lowest BCUT2D eigenvalue weighted by atomic mass is 9.82. The van der Waals surface area contributed by atoms with E-state index in [1.165, 1.54) is 14.6 Å². The van der Waals surface area contributed by atoms with Crippen molar-refractivity contribution in [3.8, 4) is 0 Å². The number of hydrogen-bond donors (Lipinski definition) is 1. The Bertz CT molecular complexity index is 1010. The quantitative estimate of drug-likeness (QED) is 0.668. The van der Waals surface area contributed by atoms with Crippen molar-refractivity contribution in [2.75, 3.05) is 32.7 Å². The Morgan fingerprint density at radius 1 is 1.00 bits per heavy atom. The lowest BCUT2D eigenvalue weighted by Crippen LogP contribution is -2.53. The average molecular weight is 461 g/mol. The van der Waals surface area contributed by atoms with Gasteiger partial charge in [0, 0.05) is 31.6 Å². The number of rotatable bonds is 5. The van der Waals surface area contributed by atoms with Gasteiger partial charge in [0.2, 0.25) is 15.9 Å². The van der Waals surface area contributed by atoms with E-state index in [2.05, 4.69) is 5.32 Å². The van der Waals surface area contributed by atoms with E-state index in [1.54, 1.807) is 6.08 Å². The van der Waals surface area contributed by atoms with Gasteiger partial charge < -0.3 is 10.2 Å². The smallest absolute Gasteiger partial charge is 0.325 e. The fourth-order valence-electron chi connectivity index (χ4n) is 4.56. The summed E-state index contributed by atoms with van der Waals surface area (Å²) in [6, 6.07) is 8.64. The molecule has 32 heavy (non-hydrogen) atoms. The van der Waals surface area contributed by atoms with Crippen LogP contribution in [-0.2, 0) is 19.6 Å². The number of carbonyl (C=O) groups excluding carboxylic acids is 3. The molecule has 10 heteroatoms. The van der Waals surface area contributed by atoms with E-state index < -0.39 is 21.6 Å². The van der Waals surface area contributed by atoms with Crippen LogP contribution in [0.4, 0.5) is 4.79 Å². The Kier molecular flexibility index (Phi) is 6.34. The normalized spacial score (nSPS) is 22.0. The Balaban J connectivity index is 1.32. The molecule has 3 fully saturated rings. The summed E-state index contributed by atoms with van der Waals surface area (Å²) in [4.78, 5) is 40.5. The second kappa shape index (κ2) is 9.03. The molecule has 3 aliphatic rings. The molecule has 2 saturated heterocycles. The van der Waals surface area contributed by atoms with Gasteiger partial charge in [0.25, 0.3) is 5.91 Å². The molecule has 4 rings (SSSR count). The number of carbonyl (C=O) groups is 3. The highest BCUT2D eigenvalue weighted by Crippen LogP contribution is 2.33. The van der Waals surface area contributed by atoms with Crippen LogP contribution in [0.5, 0.6) is 0 Å². The monoisotopic (exact) mass is 460 g/mol. The number of sulfonamides is 1. The van der Waals surface area contributed by atoms with E-state index in [9.17, 15) is 22.8 Å². The number of piperazine rings is 1. The summed E-state index contributed by atoms with van der Waals surface area (Å²) in [6.45, 7) is 0.444. The van der Waals surface area contributed by atoms with Gasteiger partial charge in [0.1, 0.15) is 12.1 Å². The van der Waals surface area contributed by atoms with Gasteiger partial charge in [0.05, 0.1) is 0 Å². The maximum Gasteiger partial charge on any atom is 0.325 e. The van der Waals surface area contributed by atoms with Crippen LogP contribution in [0.1, 0.15) is 37.7 Å². The lowest BCUT2D eigenvalue weighted by Gasteiger charge is -2.34. The van der Waals surface area contributed by atoms with Crippen LogP contribution in [0.3, 0.4) is 0 Å². The van der Waals surface area contributed by atoms with Crippen molar-refractivity contribution in [2.45, 2.75) is 37.6 Å². The molecule has 9 nitrogen and oxygen atoms in total. The van der Waals surface area contributed by atoms with Gasteiger partial charge in [-0.1, -0.05) is 49.6 Å². The van der Waals surface area contributed by atoms with Crippen LogP contribution >= 0.6 is 0 Å². The van der Waals surface area contributed by atoms with Crippen LogP contribution in [0.15, 0.2) is 35.7 Å². The lowest BCUT2D eigenvalue weighted by molar-refractivity contribution is -0.140. The highest BCUT2D eigenvalue weighted by atomic mass is 32.2. The zero-order valence-electron chi connectivity index (χ0n) is 17.9. The van der Waals surface area contributed by atoms with E-state index in [-0.39, 0.29) is 44.5 Å². The molecule has 1 saturated carbocycles. The number of nitrogens with zero attached hydrogens (tertiary/aromatic N) is 3. The van der Waals surface area contributed by atoms with E-state index in [1.807, 2.05) is 30.3 Å². The number of benzene rings is 1. The number of nitrogens with one attached hydrogen (secondary N) is 1. The van der Waals surface area contributed by atoms with E-state index in [4.69, 9.17) is 0 Å². The fourth-order valence-corrected chi connectivity index (χ4v) is 5.73. The molecule has 1 aromatic carbocycles. The molecular weight excluding hydrogens is 432 g/mol. The summed E-state index contributed by atoms with van der Waals surface area (Å²) in [5.74, 6) is -0.666. The molecule has 0 radical (unpaired) electrons. The molecular formula is C22H28N4O5S. The Morgan fingerprint density at radius 2 is 1.66 bits per heavy atom. The predicted octanol–water partition coefficient (Wildman–Crippen LogP) is 1.39. The predicted molar refractivity (Wildman–Crippen MR) is 119 cm³/mol. The van der Waals surface area contributed by atoms with E-state index in [0.717, 1.165) is 29.7 Å². The van der Waals surface area contributed by atoms with Crippen molar-refractivity contribution < 1.29 is 22.8 Å². The first-order valence-electron chi connectivity index (χ1n) is 11.0. The number of imide groups is 1. The molecule has 0 atom stereocenters. The highest BCUT2D eigenvalue weighted by Gasteiger charge is 2.51. The van der Waals surface area contributed by atoms with Crippen LogP contribution < -0.4 is 5.32 Å². The standard InChI is InChI=1S/C22H28N4O5S/c27-19(17-26-20(28)22(23-21(26)29)10-5-2-6-11-22)24-12-14-25(15-13-24)32(30,31)16-9-18-7-3-1-4-8-18/h1,3-4,7-9,16H,2,5-6,10-15,17H2,(H,23,29). The average Bonchev–Trinajstić information content (AvgIpc) is 3.02. The molecule has 2 aliphatic heterocycles. The SMILES string of the molecule is O=C(CN1C(=O)NC2(CCCCC2)C1=O)N1CCN(S(=O)(=O)C=Cc2ccccc2)CC1. The first kappa shape index (κ1) is 22.5. The topological polar surface area (TPSA) is 107 Å². The zero-order chi connectivity index (χ0) is 22.8. The minimum absolute atomic E-state index is 0.164. The molecule has 172 valence electrons. The van der Waals surface area contributed by atoms with Crippen molar-refractivity contribution in [3.63, 3.8) is 0 Å². The van der Waals surface area contributed by atoms with Crippen molar-refractivity contribution in [3.05, 3.63) is 41.3 Å². The number of urea groups is 1. The molecule has 4 amide bonds. The summed E-state index contributed by atoms with van der Waals surface area (Å²) in [7, 11) is -3.60. The first-order chi connectivity index (χ1) is 15.3. The third-order valence-electron chi connectivity index (χ3n) is 6.43.